The maximum Gasteiger partial charge on any atom is 0.335 e. The van der Waals surface area contributed by atoms with Gasteiger partial charge in [-0.1, -0.05) is 55.6 Å². The van der Waals surface area contributed by atoms with Crippen molar-refractivity contribution < 1.29 is 14.7 Å². The van der Waals surface area contributed by atoms with Gasteiger partial charge in [-0.25, -0.2) is 9.78 Å². The van der Waals surface area contributed by atoms with Crippen molar-refractivity contribution in [2.75, 3.05) is 0 Å². The van der Waals surface area contributed by atoms with Crippen molar-refractivity contribution in [1.29, 1.82) is 0 Å². The lowest BCUT2D eigenvalue weighted by atomic mass is 10.0. The smallest absolute Gasteiger partial charge is 0.335 e. The summed E-state index contributed by atoms with van der Waals surface area (Å²) in [6, 6.07) is 13.2. The Bertz CT molecular complexity index is 1450. The largest absolute Gasteiger partial charge is 0.478 e. The number of Topliss-reactive ketones (excluding diaryl/α,β-unsaturated/α-hetero) is 1. The number of unbranched alkanes of at least 4 members (excludes halogenated alkanes) is 1. The summed E-state index contributed by atoms with van der Waals surface area (Å²) < 4.78 is 3.26. The van der Waals surface area contributed by atoms with Crippen molar-refractivity contribution in [3.8, 4) is 11.3 Å². The number of carboxylic acids is 1. The molecule has 0 aliphatic rings. The molecule has 2 aromatic heterocycles. The van der Waals surface area contributed by atoms with Crippen molar-refractivity contribution in [2.45, 2.75) is 45.6 Å². The molecule has 0 aliphatic heterocycles. The lowest BCUT2D eigenvalue weighted by Gasteiger charge is -2.20. The summed E-state index contributed by atoms with van der Waals surface area (Å²) in [6.07, 6.45) is 6.00. The van der Waals surface area contributed by atoms with Crippen LogP contribution in [-0.2, 0) is 11.2 Å². The number of carbonyl (C=O) groups is 2. The number of hydrogen-bond acceptors (Lipinski definition) is 4. The molecule has 0 bridgehead atoms. The van der Waals surface area contributed by atoms with Crippen LogP contribution >= 0.6 is 11.6 Å². The van der Waals surface area contributed by atoms with Gasteiger partial charge in [0.15, 0.2) is 5.78 Å². The predicted octanol–water partition coefficient (Wildman–Crippen LogP) is 5.43. The Hall–Kier alpha value is -3.71. The number of benzene rings is 2. The van der Waals surface area contributed by atoms with Gasteiger partial charge >= 0.3 is 5.97 Å². The van der Waals surface area contributed by atoms with E-state index in [9.17, 15) is 19.5 Å². The summed E-state index contributed by atoms with van der Waals surface area (Å²) in [6.45, 7) is 3.61. The summed E-state index contributed by atoms with van der Waals surface area (Å²) in [5.74, 6) is -0.656. The van der Waals surface area contributed by atoms with Crippen molar-refractivity contribution in [3.63, 3.8) is 0 Å². The molecule has 1 unspecified atom stereocenters. The van der Waals surface area contributed by atoms with Gasteiger partial charge in [-0.15, -0.1) is 0 Å². The number of imidazole rings is 1. The average Bonchev–Trinajstić information content (AvgIpc) is 3.28. The highest BCUT2D eigenvalue weighted by molar-refractivity contribution is 6.30. The lowest BCUT2D eigenvalue weighted by molar-refractivity contribution is -0.120. The van der Waals surface area contributed by atoms with E-state index in [1.807, 2.05) is 12.1 Å². The molecule has 0 aliphatic carbocycles. The van der Waals surface area contributed by atoms with E-state index in [2.05, 4.69) is 6.92 Å². The van der Waals surface area contributed by atoms with Gasteiger partial charge < -0.3 is 9.67 Å². The molecule has 2 heterocycles. The summed E-state index contributed by atoms with van der Waals surface area (Å²) in [7, 11) is 0. The first-order valence-electron chi connectivity index (χ1n) is 11.5. The van der Waals surface area contributed by atoms with Gasteiger partial charge in [0.1, 0.15) is 0 Å². The fourth-order valence-electron chi connectivity index (χ4n) is 4.22. The van der Waals surface area contributed by atoms with Gasteiger partial charge in [0.25, 0.3) is 5.56 Å². The van der Waals surface area contributed by atoms with E-state index in [1.54, 1.807) is 54.2 Å². The molecule has 0 saturated carbocycles. The zero-order chi connectivity index (χ0) is 25.1. The summed E-state index contributed by atoms with van der Waals surface area (Å²) in [4.78, 5) is 42.3. The first-order valence-corrected chi connectivity index (χ1v) is 11.9. The quantitative estimate of drug-likeness (QED) is 0.337. The second-order valence-electron chi connectivity index (χ2n) is 8.62. The zero-order valence-corrected chi connectivity index (χ0v) is 20.3. The van der Waals surface area contributed by atoms with E-state index < -0.39 is 12.0 Å². The molecule has 0 amide bonds. The SMILES string of the molecule is CCCCC(C(C)=O)n1cc(Cc2cccc(C(=O)O)c2)c(=O)n2cc(-c3ccc(Cl)cc3)nc12. The minimum Gasteiger partial charge on any atom is -0.478 e. The van der Waals surface area contributed by atoms with Gasteiger partial charge in [0.2, 0.25) is 5.78 Å². The minimum atomic E-state index is -1.03. The second-order valence-corrected chi connectivity index (χ2v) is 9.06. The van der Waals surface area contributed by atoms with Crippen LogP contribution in [0.2, 0.25) is 5.02 Å². The molecule has 0 spiro atoms. The fraction of sp³-hybridized carbons (Fsp3) is 0.259. The number of aromatic carboxylic acids is 1. The van der Waals surface area contributed by atoms with E-state index in [-0.39, 0.29) is 23.3 Å². The van der Waals surface area contributed by atoms with E-state index in [1.165, 1.54) is 10.5 Å². The van der Waals surface area contributed by atoms with Crippen molar-refractivity contribution in [1.82, 2.24) is 14.0 Å². The Morgan fingerprint density at radius 1 is 1.11 bits per heavy atom. The molecule has 4 aromatic rings. The zero-order valence-electron chi connectivity index (χ0n) is 19.6. The standard InChI is InChI=1S/C27H26ClN3O4/c1-3-4-8-24(17(2)32)30-15-21(14-18-6-5-7-20(13-18)26(34)35)25(33)31-16-23(29-27(30)31)19-9-11-22(28)12-10-19/h5-7,9-13,15-16,24H,3-4,8,14H2,1-2H3,(H,34,35). The third-order valence-electron chi connectivity index (χ3n) is 6.05. The number of rotatable bonds is 9. The Morgan fingerprint density at radius 2 is 1.86 bits per heavy atom. The van der Waals surface area contributed by atoms with Gasteiger partial charge in [-0.3, -0.25) is 14.0 Å². The van der Waals surface area contributed by atoms with E-state index >= 15 is 0 Å². The van der Waals surface area contributed by atoms with Crippen LogP contribution in [0.4, 0.5) is 0 Å². The van der Waals surface area contributed by atoms with Crippen LogP contribution in [0.15, 0.2) is 65.7 Å². The van der Waals surface area contributed by atoms with Crippen molar-refractivity contribution in [3.05, 3.63) is 93.0 Å². The first kappa shape index (κ1) is 24.4. The van der Waals surface area contributed by atoms with E-state index in [4.69, 9.17) is 16.6 Å². The molecule has 4 rings (SSSR count). The van der Waals surface area contributed by atoms with Crippen LogP contribution in [0.25, 0.3) is 17.0 Å². The number of carbonyl (C=O) groups excluding carboxylic acids is 1. The van der Waals surface area contributed by atoms with Gasteiger partial charge in [-0.05, 0) is 43.2 Å². The Labute approximate surface area is 207 Å². The highest BCUT2D eigenvalue weighted by atomic mass is 35.5. The first-order chi connectivity index (χ1) is 16.8. The predicted molar refractivity (Wildman–Crippen MR) is 135 cm³/mol. The molecular weight excluding hydrogens is 466 g/mol. The van der Waals surface area contributed by atoms with Crippen LogP contribution in [0, 0.1) is 0 Å². The van der Waals surface area contributed by atoms with Crippen LogP contribution in [0.5, 0.6) is 0 Å². The number of ketones is 1. The van der Waals surface area contributed by atoms with Gasteiger partial charge in [0.05, 0.1) is 17.3 Å². The molecule has 8 heteroatoms. The lowest BCUT2D eigenvalue weighted by Crippen LogP contribution is -2.26. The second kappa shape index (κ2) is 10.3. The number of aromatic nitrogens is 3. The number of nitrogens with zero attached hydrogens (tertiary/aromatic N) is 3. The normalized spacial score (nSPS) is 12.1. The Balaban J connectivity index is 1.90. The summed E-state index contributed by atoms with van der Waals surface area (Å²) in [5.41, 5.74) is 2.42. The third-order valence-corrected chi connectivity index (χ3v) is 6.30. The molecular formula is C27H26ClN3O4. The van der Waals surface area contributed by atoms with E-state index in [0.717, 1.165) is 18.4 Å². The average molecular weight is 492 g/mol. The summed E-state index contributed by atoms with van der Waals surface area (Å²) >= 11 is 6.03. The number of hydrogen-bond donors (Lipinski definition) is 1. The van der Waals surface area contributed by atoms with Gasteiger partial charge in [-0.2, -0.15) is 0 Å². The fourth-order valence-corrected chi connectivity index (χ4v) is 4.34. The molecule has 180 valence electrons. The number of fused-ring (bicyclic) bond motifs is 1. The summed E-state index contributed by atoms with van der Waals surface area (Å²) in [5, 5.41) is 9.93. The Morgan fingerprint density at radius 3 is 2.51 bits per heavy atom. The topological polar surface area (TPSA) is 93.7 Å². The molecule has 1 atom stereocenters. The Kier molecular flexibility index (Phi) is 7.17. The molecule has 0 radical (unpaired) electrons. The molecule has 7 nitrogen and oxygen atoms in total. The van der Waals surface area contributed by atoms with Crippen molar-refractivity contribution in [2.24, 2.45) is 0 Å². The monoisotopic (exact) mass is 491 g/mol. The van der Waals surface area contributed by atoms with Crippen molar-refractivity contribution >= 4 is 29.1 Å². The maximum atomic E-state index is 13.5. The molecule has 35 heavy (non-hydrogen) atoms. The third kappa shape index (κ3) is 5.20. The number of carboxylic acid groups (broad SMARTS) is 1. The molecule has 0 saturated heterocycles. The number of halogens is 1. The van der Waals surface area contributed by atoms with Crippen LogP contribution in [0.3, 0.4) is 0 Å². The van der Waals surface area contributed by atoms with Crippen LogP contribution < -0.4 is 5.56 Å². The minimum absolute atomic E-state index is 0.0149. The van der Waals surface area contributed by atoms with E-state index in [0.29, 0.717) is 34.0 Å². The highest BCUT2D eigenvalue weighted by Crippen LogP contribution is 2.25. The molecule has 2 aromatic carbocycles. The van der Waals surface area contributed by atoms with Gasteiger partial charge in [0, 0.05) is 35.0 Å². The van der Waals surface area contributed by atoms with Crippen LogP contribution in [-0.4, -0.2) is 30.8 Å². The molecule has 0 fully saturated rings. The molecule has 1 N–H and O–H groups in total. The maximum absolute atomic E-state index is 13.5. The van der Waals surface area contributed by atoms with Crippen LogP contribution in [0.1, 0.15) is 60.6 Å². The highest BCUT2D eigenvalue weighted by Gasteiger charge is 2.22.